The first kappa shape index (κ1) is 29.0. The molecule has 3 rings (SSSR count). The third-order valence-corrected chi connectivity index (χ3v) is 8.68. The number of benzene rings is 1. The number of methoxy groups -OCH3 is 1. The van der Waals surface area contributed by atoms with Crippen LogP contribution in [0, 0.1) is 26.7 Å². The molecule has 1 unspecified atom stereocenters. The molecule has 1 aliphatic heterocycles. The van der Waals surface area contributed by atoms with Gasteiger partial charge in [-0.15, -0.1) is 10.2 Å². The number of anilines is 2. The number of amides is 1. The molecular weight excluding hydrogens is 488 g/mol. The minimum absolute atomic E-state index is 0.182. The van der Waals surface area contributed by atoms with Gasteiger partial charge in [0.15, 0.2) is 11.6 Å². The molecule has 1 saturated heterocycles. The third-order valence-electron chi connectivity index (χ3n) is 6.93. The molecule has 1 amide bonds. The Morgan fingerprint density at radius 2 is 1.70 bits per heavy atom. The largest absolute Gasteiger partial charge is 0.497 e. The highest BCUT2D eigenvalue weighted by atomic mass is 32.2. The van der Waals surface area contributed by atoms with Crippen LogP contribution in [0.3, 0.4) is 0 Å². The maximum atomic E-state index is 13.1. The average molecular weight is 531 g/mol. The van der Waals surface area contributed by atoms with Gasteiger partial charge in [0.25, 0.3) is 0 Å². The molecule has 0 radical (unpaired) electrons. The van der Waals surface area contributed by atoms with Gasteiger partial charge in [-0.25, -0.2) is 8.51 Å². The fraction of sp³-hybridized carbons (Fsp3) is 0.593. The number of carbonyl (C=O) groups is 1. The van der Waals surface area contributed by atoms with Crippen LogP contribution >= 0.6 is 0 Å². The molecule has 0 aliphatic carbocycles. The number of aryl methyl sites for hydroxylation is 3. The standard InChI is InChI=1S/C27H42N6O3S/c1-19-16-23(36-7)17-20(2)26(19)37(35)32(6)13-11-25(34)28-27-21(3)18-24(29-30-27)33-14-9-22(10-15-33)8-12-31(4)5/h16-18,22H,8-15H2,1-7H3,(H,28,30,34). The lowest BCUT2D eigenvalue weighted by Gasteiger charge is -2.33. The highest BCUT2D eigenvalue weighted by Gasteiger charge is 2.22. The van der Waals surface area contributed by atoms with E-state index in [0.29, 0.717) is 12.4 Å². The van der Waals surface area contributed by atoms with Crippen LogP contribution in [0.25, 0.3) is 0 Å². The Balaban J connectivity index is 1.51. The second-order valence-electron chi connectivity index (χ2n) is 10.2. The zero-order valence-electron chi connectivity index (χ0n) is 23.3. The molecule has 2 heterocycles. The first-order valence-electron chi connectivity index (χ1n) is 12.9. The summed E-state index contributed by atoms with van der Waals surface area (Å²) in [6, 6.07) is 5.75. The van der Waals surface area contributed by atoms with Crippen molar-refractivity contribution in [2.75, 3.05) is 64.6 Å². The number of nitrogens with one attached hydrogen (secondary N) is 1. The van der Waals surface area contributed by atoms with Crippen molar-refractivity contribution in [2.24, 2.45) is 5.92 Å². The normalized spacial score (nSPS) is 15.3. The fourth-order valence-corrected chi connectivity index (χ4v) is 5.87. The van der Waals surface area contributed by atoms with Crippen molar-refractivity contribution < 1.29 is 13.7 Å². The predicted octanol–water partition coefficient (Wildman–Crippen LogP) is 3.56. The molecule has 1 atom stereocenters. The first-order valence-corrected chi connectivity index (χ1v) is 14.0. The summed E-state index contributed by atoms with van der Waals surface area (Å²) in [5.74, 6) is 2.65. The van der Waals surface area contributed by atoms with E-state index in [1.165, 1.54) is 6.42 Å². The quantitative estimate of drug-likeness (QED) is 0.475. The van der Waals surface area contributed by atoms with Gasteiger partial charge in [-0.3, -0.25) is 4.79 Å². The Hall–Kier alpha value is -2.56. The molecule has 0 bridgehead atoms. The molecular formula is C27H42N6O3S. The summed E-state index contributed by atoms with van der Waals surface area (Å²) in [7, 11) is 6.24. The summed E-state index contributed by atoms with van der Waals surface area (Å²) in [5, 5.41) is 11.6. The predicted molar refractivity (Wildman–Crippen MR) is 150 cm³/mol. The first-order chi connectivity index (χ1) is 17.6. The lowest BCUT2D eigenvalue weighted by molar-refractivity contribution is -0.116. The SMILES string of the molecule is COc1cc(C)c(S(=O)N(C)CCC(=O)Nc2nnc(N3CCC(CCN(C)C)CC3)cc2C)c(C)c1. The number of piperidine rings is 1. The van der Waals surface area contributed by atoms with Crippen LogP contribution in [0.2, 0.25) is 0 Å². The van der Waals surface area contributed by atoms with Crippen molar-refractivity contribution in [1.82, 2.24) is 19.4 Å². The highest BCUT2D eigenvalue weighted by Crippen LogP contribution is 2.27. The van der Waals surface area contributed by atoms with E-state index in [1.54, 1.807) is 18.5 Å². The van der Waals surface area contributed by atoms with Gasteiger partial charge in [0.05, 0.1) is 12.0 Å². The number of aromatic nitrogens is 2. The monoisotopic (exact) mass is 530 g/mol. The summed E-state index contributed by atoms with van der Waals surface area (Å²) in [5.41, 5.74) is 2.68. The lowest BCUT2D eigenvalue weighted by atomic mass is 9.93. The summed E-state index contributed by atoms with van der Waals surface area (Å²) in [4.78, 5) is 17.9. The Bertz CT molecular complexity index is 1080. The number of rotatable bonds is 11. The summed E-state index contributed by atoms with van der Waals surface area (Å²) in [6.45, 7) is 9.21. The summed E-state index contributed by atoms with van der Waals surface area (Å²) < 4.78 is 20.1. The average Bonchev–Trinajstić information content (AvgIpc) is 2.86. The molecule has 10 heteroatoms. The van der Waals surface area contributed by atoms with E-state index in [-0.39, 0.29) is 12.3 Å². The number of ether oxygens (including phenoxy) is 1. The molecule has 0 spiro atoms. The second kappa shape index (κ2) is 13.3. The third kappa shape index (κ3) is 7.96. The Morgan fingerprint density at radius 3 is 2.27 bits per heavy atom. The van der Waals surface area contributed by atoms with E-state index in [1.807, 2.05) is 39.0 Å². The van der Waals surface area contributed by atoms with Crippen molar-refractivity contribution in [3.63, 3.8) is 0 Å². The second-order valence-corrected chi connectivity index (χ2v) is 11.8. The van der Waals surface area contributed by atoms with Crippen LogP contribution in [0.15, 0.2) is 23.1 Å². The Labute approximate surface area is 224 Å². The zero-order valence-corrected chi connectivity index (χ0v) is 24.2. The van der Waals surface area contributed by atoms with E-state index in [0.717, 1.165) is 71.5 Å². The molecule has 204 valence electrons. The molecule has 1 aromatic heterocycles. The van der Waals surface area contributed by atoms with Gasteiger partial charge in [0, 0.05) is 33.1 Å². The van der Waals surface area contributed by atoms with Crippen LogP contribution in [0.4, 0.5) is 11.6 Å². The van der Waals surface area contributed by atoms with E-state index in [2.05, 4.69) is 39.4 Å². The molecule has 0 saturated carbocycles. The number of hydrogen-bond donors (Lipinski definition) is 1. The zero-order chi connectivity index (χ0) is 27.1. The fourth-order valence-electron chi connectivity index (χ4n) is 4.64. The molecule has 2 aromatic rings. The smallest absolute Gasteiger partial charge is 0.226 e. The molecule has 37 heavy (non-hydrogen) atoms. The van der Waals surface area contributed by atoms with Gasteiger partial charge in [-0.1, -0.05) is 0 Å². The number of carbonyl (C=O) groups excluding carboxylic acids is 1. The molecule has 1 fully saturated rings. The molecule has 9 nitrogen and oxygen atoms in total. The van der Waals surface area contributed by atoms with Gasteiger partial charge in [0.1, 0.15) is 16.7 Å². The Kier molecular flexibility index (Phi) is 10.4. The van der Waals surface area contributed by atoms with Crippen molar-refractivity contribution in [1.29, 1.82) is 0 Å². The minimum atomic E-state index is -1.38. The van der Waals surface area contributed by atoms with Crippen molar-refractivity contribution >= 4 is 28.5 Å². The highest BCUT2D eigenvalue weighted by molar-refractivity contribution is 7.82. The van der Waals surface area contributed by atoms with Gasteiger partial charge < -0.3 is 19.9 Å². The van der Waals surface area contributed by atoms with Crippen LogP contribution < -0.4 is 15.0 Å². The van der Waals surface area contributed by atoms with Crippen LogP contribution in [-0.2, 0) is 15.8 Å². The van der Waals surface area contributed by atoms with E-state index >= 15 is 0 Å². The Morgan fingerprint density at radius 1 is 1.05 bits per heavy atom. The molecule has 1 aromatic carbocycles. The van der Waals surface area contributed by atoms with Crippen LogP contribution in [0.1, 0.15) is 42.4 Å². The van der Waals surface area contributed by atoms with Crippen LogP contribution in [-0.4, -0.2) is 84.0 Å². The van der Waals surface area contributed by atoms with Gasteiger partial charge in [-0.2, -0.15) is 0 Å². The van der Waals surface area contributed by atoms with E-state index in [9.17, 15) is 9.00 Å². The lowest BCUT2D eigenvalue weighted by Crippen LogP contribution is -2.35. The van der Waals surface area contributed by atoms with Gasteiger partial charge in [0.2, 0.25) is 5.91 Å². The maximum absolute atomic E-state index is 13.1. The van der Waals surface area contributed by atoms with Crippen LogP contribution in [0.5, 0.6) is 5.75 Å². The summed E-state index contributed by atoms with van der Waals surface area (Å²) in [6.07, 6.45) is 3.76. The van der Waals surface area contributed by atoms with Crippen molar-refractivity contribution in [2.45, 2.75) is 51.3 Å². The van der Waals surface area contributed by atoms with E-state index < -0.39 is 11.0 Å². The topological polar surface area (TPSA) is 90.9 Å². The minimum Gasteiger partial charge on any atom is -0.497 e. The van der Waals surface area contributed by atoms with Gasteiger partial charge in [-0.05, 0) is 101 Å². The van der Waals surface area contributed by atoms with E-state index in [4.69, 9.17) is 4.74 Å². The van der Waals surface area contributed by atoms with Crippen molar-refractivity contribution in [3.05, 3.63) is 34.9 Å². The maximum Gasteiger partial charge on any atom is 0.226 e. The number of hydrogen-bond acceptors (Lipinski definition) is 7. The number of nitrogens with zero attached hydrogens (tertiary/aromatic N) is 5. The van der Waals surface area contributed by atoms with Gasteiger partial charge >= 0.3 is 0 Å². The van der Waals surface area contributed by atoms with Crippen molar-refractivity contribution in [3.8, 4) is 5.75 Å². The molecule has 1 aliphatic rings. The molecule has 1 N–H and O–H groups in total. The summed E-state index contributed by atoms with van der Waals surface area (Å²) >= 11 is 0.